The van der Waals surface area contributed by atoms with E-state index in [-0.39, 0.29) is 11.5 Å². The van der Waals surface area contributed by atoms with E-state index in [0.717, 1.165) is 0 Å². The molecule has 4 nitrogen and oxygen atoms in total. The first kappa shape index (κ1) is 13.8. The first-order valence-electron chi connectivity index (χ1n) is 6.17. The maximum Gasteiger partial charge on any atom is 0.338 e. The molecule has 0 aliphatic carbocycles. The van der Waals surface area contributed by atoms with E-state index in [1.165, 1.54) is 31.2 Å². The molecule has 0 heterocycles. The zero-order valence-electron chi connectivity index (χ0n) is 10.9. The molecule has 102 valence electrons. The Hall–Kier alpha value is -2.62. The van der Waals surface area contributed by atoms with Crippen LogP contribution in [0.5, 0.6) is 5.75 Å². The Balaban J connectivity index is 2.05. The van der Waals surface area contributed by atoms with E-state index in [1.54, 1.807) is 30.3 Å². The molecule has 0 bridgehead atoms. The zero-order valence-corrected chi connectivity index (χ0v) is 10.9. The molecule has 20 heavy (non-hydrogen) atoms. The van der Waals surface area contributed by atoms with Gasteiger partial charge in [0.25, 0.3) is 0 Å². The number of benzene rings is 2. The summed E-state index contributed by atoms with van der Waals surface area (Å²) in [5, 5.41) is 9.17. The third kappa shape index (κ3) is 3.23. The third-order valence-corrected chi connectivity index (χ3v) is 2.81. The first-order chi connectivity index (χ1) is 9.58. The number of rotatable bonds is 4. The minimum Gasteiger partial charge on any atom is -0.508 e. The van der Waals surface area contributed by atoms with Gasteiger partial charge in [-0.3, -0.25) is 4.79 Å². The first-order valence-corrected chi connectivity index (χ1v) is 6.17. The van der Waals surface area contributed by atoms with Gasteiger partial charge in [-0.2, -0.15) is 0 Å². The Bertz CT molecular complexity index is 602. The smallest absolute Gasteiger partial charge is 0.338 e. The van der Waals surface area contributed by atoms with Crippen molar-refractivity contribution in [2.24, 2.45) is 0 Å². The van der Waals surface area contributed by atoms with E-state index in [4.69, 9.17) is 4.74 Å². The van der Waals surface area contributed by atoms with Crippen LogP contribution in [-0.2, 0) is 4.74 Å². The highest BCUT2D eigenvalue weighted by atomic mass is 16.5. The summed E-state index contributed by atoms with van der Waals surface area (Å²) >= 11 is 0. The second-order valence-corrected chi connectivity index (χ2v) is 4.32. The summed E-state index contributed by atoms with van der Waals surface area (Å²) in [6.45, 7) is 1.52. The van der Waals surface area contributed by atoms with E-state index in [2.05, 4.69) is 0 Å². The van der Waals surface area contributed by atoms with Gasteiger partial charge in [0, 0.05) is 5.56 Å². The molecule has 1 N–H and O–H groups in total. The monoisotopic (exact) mass is 270 g/mol. The zero-order chi connectivity index (χ0) is 14.5. The van der Waals surface area contributed by atoms with Crippen LogP contribution in [0.4, 0.5) is 0 Å². The number of phenols is 1. The number of Topliss-reactive ketones (excluding diaryl/α,β-unsaturated/α-hetero) is 1. The highest BCUT2D eigenvalue weighted by molar-refractivity contribution is 6.01. The van der Waals surface area contributed by atoms with Crippen LogP contribution in [0.25, 0.3) is 0 Å². The maximum atomic E-state index is 12.1. The van der Waals surface area contributed by atoms with Gasteiger partial charge in [0.2, 0.25) is 5.78 Å². The van der Waals surface area contributed by atoms with Crippen molar-refractivity contribution in [3.05, 3.63) is 65.7 Å². The molecular weight excluding hydrogens is 256 g/mol. The number of hydrogen-bond acceptors (Lipinski definition) is 4. The maximum absolute atomic E-state index is 12.1. The topological polar surface area (TPSA) is 63.6 Å². The van der Waals surface area contributed by atoms with Crippen LogP contribution in [0.2, 0.25) is 0 Å². The molecule has 0 aromatic heterocycles. The van der Waals surface area contributed by atoms with Gasteiger partial charge in [0.1, 0.15) is 5.75 Å². The van der Waals surface area contributed by atoms with Crippen LogP contribution in [0.15, 0.2) is 54.6 Å². The largest absolute Gasteiger partial charge is 0.508 e. The summed E-state index contributed by atoms with van der Waals surface area (Å²) < 4.78 is 5.13. The van der Waals surface area contributed by atoms with Gasteiger partial charge in [-0.25, -0.2) is 4.79 Å². The molecule has 2 rings (SSSR count). The second-order valence-electron chi connectivity index (χ2n) is 4.32. The molecule has 0 spiro atoms. The van der Waals surface area contributed by atoms with Crippen molar-refractivity contribution in [2.75, 3.05) is 0 Å². The molecule has 1 atom stereocenters. The molecule has 0 aliphatic rings. The van der Waals surface area contributed by atoms with Crippen LogP contribution < -0.4 is 0 Å². The summed E-state index contributed by atoms with van der Waals surface area (Å²) in [6, 6.07) is 14.3. The molecule has 0 saturated heterocycles. The number of hydrogen-bond donors (Lipinski definition) is 1. The van der Waals surface area contributed by atoms with Gasteiger partial charge in [-0.05, 0) is 43.3 Å². The lowest BCUT2D eigenvalue weighted by Gasteiger charge is -2.12. The fourth-order valence-electron chi connectivity index (χ4n) is 1.72. The average molecular weight is 270 g/mol. The number of aromatic hydroxyl groups is 1. The number of ketones is 1. The Morgan fingerprint density at radius 2 is 1.55 bits per heavy atom. The van der Waals surface area contributed by atoms with Crippen molar-refractivity contribution in [2.45, 2.75) is 13.0 Å². The lowest BCUT2D eigenvalue weighted by atomic mass is 10.1. The van der Waals surface area contributed by atoms with E-state index in [1.807, 2.05) is 0 Å². The quantitative estimate of drug-likeness (QED) is 0.685. The molecule has 0 fully saturated rings. The van der Waals surface area contributed by atoms with E-state index >= 15 is 0 Å². The van der Waals surface area contributed by atoms with Gasteiger partial charge in [-0.1, -0.05) is 18.2 Å². The Morgan fingerprint density at radius 3 is 2.15 bits per heavy atom. The van der Waals surface area contributed by atoms with E-state index in [0.29, 0.717) is 11.1 Å². The minimum absolute atomic E-state index is 0.0792. The fourth-order valence-corrected chi connectivity index (χ4v) is 1.72. The molecule has 0 aliphatic heterocycles. The SMILES string of the molecule is CC(OC(=O)c1ccccc1)C(=O)c1ccc(O)cc1. The highest BCUT2D eigenvalue weighted by Gasteiger charge is 2.20. The van der Waals surface area contributed by atoms with Gasteiger partial charge in [-0.15, -0.1) is 0 Å². The number of esters is 1. The molecule has 4 heteroatoms. The Morgan fingerprint density at radius 1 is 0.950 bits per heavy atom. The molecule has 2 aromatic rings. The van der Waals surface area contributed by atoms with Crippen molar-refractivity contribution in [3.8, 4) is 5.75 Å². The summed E-state index contributed by atoms with van der Waals surface area (Å²) in [4.78, 5) is 23.9. The molecule has 1 unspecified atom stereocenters. The summed E-state index contributed by atoms with van der Waals surface area (Å²) in [5.41, 5.74) is 0.786. The van der Waals surface area contributed by atoms with Crippen LogP contribution in [0, 0.1) is 0 Å². The van der Waals surface area contributed by atoms with Crippen LogP contribution in [0.1, 0.15) is 27.6 Å². The molecule has 0 saturated carbocycles. The number of ether oxygens (including phenoxy) is 1. The number of carbonyl (C=O) groups excluding carboxylic acids is 2. The summed E-state index contributed by atoms with van der Waals surface area (Å²) in [5.74, 6) is -0.769. The standard InChI is InChI=1S/C16H14O4/c1-11(15(18)12-7-9-14(17)10-8-12)20-16(19)13-5-3-2-4-6-13/h2-11,17H,1H3. The summed E-state index contributed by atoms with van der Waals surface area (Å²) in [6.07, 6.45) is -0.882. The second kappa shape index (κ2) is 6.02. The van der Waals surface area contributed by atoms with Crippen molar-refractivity contribution in [3.63, 3.8) is 0 Å². The Kier molecular flexibility index (Phi) is 4.15. The molecule has 0 radical (unpaired) electrons. The summed E-state index contributed by atoms with van der Waals surface area (Å²) in [7, 11) is 0. The van der Waals surface area contributed by atoms with Gasteiger partial charge in [0.05, 0.1) is 5.56 Å². The molecular formula is C16H14O4. The van der Waals surface area contributed by atoms with Gasteiger partial charge < -0.3 is 9.84 Å². The number of phenolic OH excluding ortho intramolecular Hbond substituents is 1. The van der Waals surface area contributed by atoms with E-state index in [9.17, 15) is 14.7 Å². The molecule has 2 aromatic carbocycles. The van der Waals surface area contributed by atoms with E-state index < -0.39 is 12.1 Å². The van der Waals surface area contributed by atoms with Crippen molar-refractivity contribution in [1.29, 1.82) is 0 Å². The van der Waals surface area contributed by atoms with Crippen LogP contribution in [0.3, 0.4) is 0 Å². The molecule has 0 amide bonds. The highest BCUT2D eigenvalue weighted by Crippen LogP contribution is 2.13. The van der Waals surface area contributed by atoms with Crippen molar-refractivity contribution < 1.29 is 19.4 Å². The third-order valence-electron chi connectivity index (χ3n) is 2.81. The number of carbonyl (C=O) groups is 2. The average Bonchev–Trinajstić information content (AvgIpc) is 2.48. The fraction of sp³-hybridized carbons (Fsp3) is 0.125. The van der Waals surface area contributed by atoms with Crippen LogP contribution in [-0.4, -0.2) is 23.0 Å². The van der Waals surface area contributed by atoms with Crippen molar-refractivity contribution >= 4 is 11.8 Å². The van der Waals surface area contributed by atoms with Gasteiger partial charge >= 0.3 is 5.97 Å². The van der Waals surface area contributed by atoms with Crippen molar-refractivity contribution in [1.82, 2.24) is 0 Å². The Labute approximate surface area is 116 Å². The van der Waals surface area contributed by atoms with Gasteiger partial charge in [0.15, 0.2) is 6.10 Å². The predicted octanol–water partition coefficient (Wildman–Crippen LogP) is 2.82. The van der Waals surface area contributed by atoms with Crippen LogP contribution >= 0.6 is 0 Å². The minimum atomic E-state index is -0.882. The normalized spacial score (nSPS) is 11.7. The lowest BCUT2D eigenvalue weighted by molar-refractivity contribution is 0.0319. The lowest BCUT2D eigenvalue weighted by Crippen LogP contribution is -2.24. The predicted molar refractivity (Wildman–Crippen MR) is 73.8 cm³/mol.